The van der Waals surface area contributed by atoms with E-state index in [1.807, 2.05) is 89.8 Å². The fourth-order valence-electron chi connectivity index (χ4n) is 4.68. The first-order chi connectivity index (χ1) is 16.2. The van der Waals surface area contributed by atoms with Crippen molar-refractivity contribution in [3.8, 4) is 16.9 Å². The third kappa shape index (κ3) is 4.50. The van der Waals surface area contributed by atoms with Gasteiger partial charge in [0, 0.05) is 18.2 Å². The number of benzene rings is 4. The topological polar surface area (TPSA) is 29.5 Å². The van der Waals surface area contributed by atoms with Crippen molar-refractivity contribution in [2.45, 2.75) is 25.4 Å². The minimum Gasteiger partial charge on any atom is -0.386 e. The van der Waals surface area contributed by atoms with E-state index in [4.69, 9.17) is 16.2 Å². The van der Waals surface area contributed by atoms with Crippen LogP contribution in [0.3, 0.4) is 0 Å². The third-order valence-electron chi connectivity index (χ3n) is 6.32. The zero-order valence-electron chi connectivity index (χ0n) is 18.2. The predicted molar refractivity (Wildman–Crippen MR) is 132 cm³/mol. The van der Waals surface area contributed by atoms with E-state index in [1.54, 1.807) is 0 Å². The predicted octanol–water partition coefficient (Wildman–Crippen LogP) is 6.70. The minimum absolute atomic E-state index is 0.0462. The highest BCUT2D eigenvalue weighted by Crippen LogP contribution is 2.32. The number of amides is 1. The Labute approximate surface area is 199 Å². The summed E-state index contributed by atoms with van der Waals surface area (Å²) in [6.07, 6.45) is 1.58. The van der Waals surface area contributed by atoms with E-state index in [2.05, 4.69) is 18.2 Å². The molecule has 0 heterocycles. The highest BCUT2D eigenvalue weighted by atomic mass is 35.5. The van der Waals surface area contributed by atoms with Crippen LogP contribution in [0.15, 0.2) is 103 Å². The molecule has 0 N–H and O–H groups in total. The summed E-state index contributed by atoms with van der Waals surface area (Å²) < 4.78 is 4.90. The number of hydrogen-bond donors (Lipinski definition) is 0. The van der Waals surface area contributed by atoms with E-state index in [9.17, 15) is 4.79 Å². The molecule has 164 valence electrons. The van der Waals surface area contributed by atoms with Crippen molar-refractivity contribution < 1.29 is 9.08 Å². The Kier molecular flexibility index (Phi) is 6.14. The Balaban J connectivity index is 1.51. The number of nitrogens with zero attached hydrogens (tertiary/aromatic N) is 1. The molecular formula is C29H24ClNO2. The third-order valence-corrected chi connectivity index (χ3v) is 6.50. The number of carbonyl (C=O) groups excluding carboxylic acids is 1. The van der Waals surface area contributed by atoms with Gasteiger partial charge >= 0.3 is 0 Å². The van der Waals surface area contributed by atoms with Gasteiger partial charge in [-0.1, -0.05) is 84.9 Å². The number of hydrogen-bond acceptors (Lipinski definition) is 2. The molecule has 1 atom stereocenters. The fourth-order valence-corrected chi connectivity index (χ4v) is 4.78. The molecule has 0 bridgehead atoms. The quantitative estimate of drug-likeness (QED) is 0.325. The normalized spacial score (nSPS) is 14.5. The summed E-state index contributed by atoms with van der Waals surface area (Å²) in [6, 6.07) is 34.1. The van der Waals surface area contributed by atoms with Crippen LogP contribution in [-0.2, 0) is 19.4 Å². The second kappa shape index (κ2) is 9.51. The van der Waals surface area contributed by atoms with Crippen LogP contribution in [0.1, 0.15) is 27.0 Å². The van der Waals surface area contributed by atoms with Crippen molar-refractivity contribution >= 4 is 17.8 Å². The van der Waals surface area contributed by atoms with E-state index in [-0.39, 0.29) is 11.9 Å². The molecule has 4 heteroatoms. The van der Waals surface area contributed by atoms with Gasteiger partial charge in [0.1, 0.15) is 17.6 Å². The molecular weight excluding hydrogens is 430 g/mol. The average molecular weight is 454 g/mol. The Hall–Kier alpha value is -3.56. The molecule has 0 fully saturated rings. The zero-order chi connectivity index (χ0) is 22.6. The molecule has 1 amide bonds. The van der Waals surface area contributed by atoms with Crippen LogP contribution in [0.5, 0.6) is 5.75 Å². The summed E-state index contributed by atoms with van der Waals surface area (Å²) in [5, 5.41) is 0. The van der Waals surface area contributed by atoms with Gasteiger partial charge in [-0.3, -0.25) is 4.79 Å². The first kappa shape index (κ1) is 21.3. The van der Waals surface area contributed by atoms with Crippen LogP contribution in [0.2, 0.25) is 0 Å². The zero-order valence-corrected chi connectivity index (χ0v) is 18.9. The molecule has 0 radical (unpaired) electrons. The maximum Gasteiger partial charge on any atom is 0.255 e. The monoisotopic (exact) mass is 453 g/mol. The van der Waals surface area contributed by atoms with Gasteiger partial charge in [0.15, 0.2) is 0 Å². The molecule has 0 aliphatic heterocycles. The summed E-state index contributed by atoms with van der Waals surface area (Å²) in [5.41, 5.74) is 6.25. The number of carbonyl (C=O) groups is 1. The van der Waals surface area contributed by atoms with Gasteiger partial charge < -0.3 is 9.19 Å². The molecule has 33 heavy (non-hydrogen) atoms. The molecule has 5 rings (SSSR count). The van der Waals surface area contributed by atoms with Crippen molar-refractivity contribution in [3.63, 3.8) is 0 Å². The highest BCUT2D eigenvalue weighted by molar-refractivity contribution is 6.09. The van der Waals surface area contributed by atoms with Crippen molar-refractivity contribution in [2.24, 2.45) is 0 Å². The highest BCUT2D eigenvalue weighted by Gasteiger charge is 2.32. The molecule has 0 saturated carbocycles. The standard InChI is InChI=1S/C29H24ClNO2/c30-33-26-16-15-23-17-25(18-24(23)19-26)31(20-21-9-3-1-4-10-21)29(32)28-14-8-7-13-27(28)22-11-5-2-6-12-22/h1-16,19,25H,17-18,20H2. The molecule has 3 nitrogen and oxygen atoms in total. The van der Waals surface area contributed by atoms with Crippen molar-refractivity contribution in [3.05, 3.63) is 125 Å². The summed E-state index contributed by atoms with van der Waals surface area (Å²) >= 11 is 5.58. The lowest BCUT2D eigenvalue weighted by Gasteiger charge is -2.30. The number of halogens is 1. The Bertz CT molecular complexity index is 1260. The van der Waals surface area contributed by atoms with E-state index in [1.165, 1.54) is 11.1 Å². The summed E-state index contributed by atoms with van der Waals surface area (Å²) in [6.45, 7) is 0.556. The van der Waals surface area contributed by atoms with Crippen LogP contribution >= 0.6 is 11.9 Å². The van der Waals surface area contributed by atoms with E-state index in [0.717, 1.165) is 35.1 Å². The lowest BCUT2D eigenvalue weighted by atomic mass is 9.98. The SMILES string of the molecule is O=C(c1ccccc1-c1ccccc1)N(Cc1ccccc1)C1Cc2ccc(OCl)cc2C1. The van der Waals surface area contributed by atoms with Crippen LogP contribution in [-0.4, -0.2) is 16.8 Å². The molecule has 1 aliphatic rings. The van der Waals surface area contributed by atoms with Gasteiger partial charge in [-0.25, -0.2) is 0 Å². The van der Waals surface area contributed by atoms with Gasteiger partial charge in [0.05, 0.1) is 0 Å². The van der Waals surface area contributed by atoms with Gasteiger partial charge in [-0.15, -0.1) is 0 Å². The van der Waals surface area contributed by atoms with Gasteiger partial charge in [0.25, 0.3) is 5.91 Å². The number of rotatable bonds is 6. The van der Waals surface area contributed by atoms with Gasteiger partial charge in [0.2, 0.25) is 0 Å². The Morgan fingerprint density at radius 1 is 0.818 bits per heavy atom. The lowest BCUT2D eigenvalue weighted by Crippen LogP contribution is -2.40. The van der Waals surface area contributed by atoms with Crippen LogP contribution < -0.4 is 4.29 Å². The van der Waals surface area contributed by atoms with E-state index >= 15 is 0 Å². The van der Waals surface area contributed by atoms with Crippen molar-refractivity contribution in [2.75, 3.05) is 0 Å². The van der Waals surface area contributed by atoms with Crippen molar-refractivity contribution in [1.82, 2.24) is 4.90 Å². The molecule has 0 spiro atoms. The van der Waals surface area contributed by atoms with Crippen LogP contribution in [0.25, 0.3) is 11.1 Å². The van der Waals surface area contributed by atoms with Crippen LogP contribution in [0, 0.1) is 0 Å². The summed E-state index contributed by atoms with van der Waals surface area (Å²) in [4.78, 5) is 16.1. The van der Waals surface area contributed by atoms with E-state index < -0.39 is 0 Å². The molecule has 1 unspecified atom stereocenters. The average Bonchev–Trinajstić information content (AvgIpc) is 3.31. The molecule has 4 aromatic carbocycles. The molecule has 0 saturated heterocycles. The lowest BCUT2D eigenvalue weighted by molar-refractivity contribution is 0.0668. The second-order valence-corrected chi connectivity index (χ2v) is 8.55. The first-order valence-electron chi connectivity index (χ1n) is 11.1. The minimum atomic E-state index is 0.0462. The van der Waals surface area contributed by atoms with Crippen molar-refractivity contribution in [1.29, 1.82) is 0 Å². The first-order valence-corrected chi connectivity index (χ1v) is 11.4. The smallest absolute Gasteiger partial charge is 0.255 e. The summed E-state index contributed by atoms with van der Waals surface area (Å²) in [7, 11) is 0. The van der Waals surface area contributed by atoms with E-state index in [0.29, 0.717) is 12.3 Å². The fraction of sp³-hybridized carbons (Fsp3) is 0.138. The Morgan fingerprint density at radius 3 is 2.24 bits per heavy atom. The summed E-state index contributed by atoms with van der Waals surface area (Å²) in [5.74, 6) is 0.677. The second-order valence-electron chi connectivity index (χ2n) is 8.40. The molecule has 0 aromatic heterocycles. The van der Waals surface area contributed by atoms with Gasteiger partial charge in [-0.05, 0) is 58.9 Å². The largest absolute Gasteiger partial charge is 0.386 e. The van der Waals surface area contributed by atoms with Crippen LogP contribution in [0.4, 0.5) is 0 Å². The van der Waals surface area contributed by atoms with Gasteiger partial charge in [-0.2, -0.15) is 0 Å². The maximum absolute atomic E-state index is 14.1. The molecule has 4 aromatic rings. The molecule has 1 aliphatic carbocycles. The Morgan fingerprint density at radius 2 is 1.48 bits per heavy atom. The maximum atomic E-state index is 14.1. The number of fused-ring (bicyclic) bond motifs is 1.